The number of rotatable bonds is 47. The van der Waals surface area contributed by atoms with Gasteiger partial charge in [-0.25, -0.2) is 0 Å². The lowest BCUT2D eigenvalue weighted by Gasteiger charge is -2.18. The predicted molar refractivity (Wildman–Crippen MR) is 279 cm³/mol. The van der Waals surface area contributed by atoms with Crippen molar-refractivity contribution in [2.45, 2.75) is 245 Å². The summed E-state index contributed by atoms with van der Waals surface area (Å²) in [4.78, 5) is 38.0. The van der Waals surface area contributed by atoms with Crippen LogP contribution in [0, 0.1) is 0 Å². The molecular formula is C59H98O6. The lowest BCUT2D eigenvalue weighted by Crippen LogP contribution is -2.30. The SMILES string of the molecule is CC/C=C\C/C=C\C/C=C\C/C=C\CCCCCCCCCCC(=O)OCC(COC(=O)CCCCCCC/C=C\CCCC)OC(=O)CCCCCCC/C=C\C/C=C\C/C=C\CC. The van der Waals surface area contributed by atoms with Gasteiger partial charge in [0.15, 0.2) is 6.10 Å². The van der Waals surface area contributed by atoms with Crippen molar-refractivity contribution in [1.82, 2.24) is 0 Å². The van der Waals surface area contributed by atoms with E-state index < -0.39 is 6.10 Å². The lowest BCUT2D eigenvalue weighted by molar-refractivity contribution is -0.167. The van der Waals surface area contributed by atoms with E-state index >= 15 is 0 Å². The van der Waals surface area contributed by atoms with Gasteiger partial charge in [0.25, 0.3) is 0 Å². The Hall–Kier alpha value is -3.67. The van der Waals surface area contributed by atoms with Gasteiger partial charge in [-0.2, -0.15) is 0 Å². The monoisotopic (exact) mass is 903 g/mol. The molecule has 0 rings (SSSR count). The van der Waals surface area contributed by atoms with Crippen LogP contribution in [0.25, 0.3) is 0 Å². The van der Waals surface area contributed by atoms with E-state index in [9.17, 15) is 14.4 Å². The van der Waals surface area contributed by atoms with E-state index in [1.165, 1.54) is 57.8 Å². The molecule has 0 bridgehead atoms. The van der Waals surface area contributed by atoms with Crippen LogP contribution in [0.3, 0.4) is 0 Å². The minimum Gasteiger partial charge on any atom is -0.462 e. The number of unbranched alkanes of at least 4 members (excludes halogenated alkanes) is 20. The Morgan fingerprint density at radius 3 is 0.954 bits per heavy atom. The Balaban J connectivity index is 4.38. The van der Waals surface area contributed by atoms with Gasteiger partial charge in [0.2, 0.25) is 0 Å². The van der Waals surface area contributed by atoms with Crippen molar-refractivity contribution in [1.29, 1.82) is 0 Å². The maximum atomic E-state index is 12.8. The molecule has 0 amide bonds. The van der Waals surface area contributed by atoms with Gasteiger partial charge < -0.3 is 14.2 Å². The highest BCUT2D eigenvalue weighted by molar-refractivity contribution is 5.71. The second kappa shape index (κ2) is 52.9. The summed E-state index contributed by atoms with van der Waals surface area (Å²) in [5.41, 5.74) is 0. The van der Waals surface area contributed by atoms with Gasteiger partial charge in [-0.3, -0.25) is 14.4 Å². The maximum Gasteiger partial charge on any atom is 0.306 e. The molecule has 0 N–H and O–H groups in total. The molecule has 6 nitrogen and oxygen atoms in total. The molecule has 0 aromatic carbocycles. The summed E-state index contributed by atoms with van der Waals surface area (Å²) in [7, 11) is 0. The van der Waals surface area contributed by atoms with Crippen LogP contribution in [-0.2, 0) is 28.6 Å². The molecule has 0 aliphatic rings. The number of allylic oxidation sites excluding steroid dienone is 16. The number of ether oxygens (including phenoxy) is 3. The molecule has 370 valence electrons. The molecule has 0 aromatic heterocycles. The summed E-state index contributed by atoms with van der Waals surface area (Å²) in [5.74, 6) is -0.928. The fraction of sp³-hybridized carbons (Fsp3) is 0.678. The summed E-state index contributed by atoms with van der Waals surface area (Å²) >= 11 is 0. The quantitative estimate of drug-likeness (QED) is 0.0262. The van der Waals surface area contributed by atoms with Crippen LogP contribution >= 0.6 is 0 Å². The Morgan fingerprint density at radius 2 is 0.600 bits per heavy atom. The number of carbonyl (C=O) groups is 3. The summed E-state index contributed by atoms with van der Waals surface area (Å²) in [6.07, 6.45) is 69.6. The van der Waals surface area contributed by atoms with E-state index in [1.807, 2.05) is 0 Å². The van der Waals surface area contributed by atoms with Crippen molar-refractivity contribution >= 4 is 17.9 Å². The van der Waals surface area contributed by atoms with E-state index in [-0.39, 0.29) is 31.1 Å². The first kappa shape index (κ1) is 61.3. The normalized spacial score (nSPS) is 12.8. The molecule has 0 saturated heterocycles. The molecule has 65 heavy (non-hydrogen) atoms. The van der Waals surface area contributed by atoms with Crippen LogP contribution in [0.5, 0.6) is 0 Å². The maximum absolute atomic E-state index is 12.8. The fourth-order valence-electron chi connectivity index (χ4n) is 7.07. The number of hydrogen-bond donors (Lipinski definition) is 0. The van der Waals surface area contributed by atoms with Gasteiger partial charge in [-0.1, -0.05) is 208 Å². The standard InChI is InChI=1S/C59H98O6/c1-4-7-10-13-16-19-22-24-26-27-28-29-30-31-33-34-37-40-43-46-49-52-58(61)64-55-56(54-63-57(60)51-48-45-42-39-36-21-18-15-12-9-6-3)65-59(62)53-50-47-44-41-38-35-32-25-23-20-17-14-11-8-5-2/h7-8,10-11,15-20,24-26,28-29,32,56H,4-6,9,12-14,21-23,27,30-31,33-55H2,1-3H3/b10-7-,11-8-,18-15-,19-16-,20-17-,26-24-,29-28-,32-25-. The van der Waals surface area contributed by atoms with Crippen molar-refractivity contribution in [2.75, 3.05) is 13.2 Å². The highest BCUT2D eigenvalue weighted by Crippen LogP contribution is 2.14. The minimum atomic E-state index is -0.793. The molecule has 6 heteroatoms. The smallest absolute Gasteiger partial charge is 0.306 e. The Bertz CT molecular complexity index is 1310. The first-order valence-corrected chi connectivity index (χ1v) is 26.7. The van der Waals surface area contributed by atoms with Crippen molar-refractivity contribution in [3.63, 3.8) is 0 Å². The zero-order chi connectivity index (χ0) is 47.2. The Kier molecular flexibility index (Phi) is 50.0. The molecule has 0 aliphatic carbocycles. The Morgan fingerprint density at radius 1 is 0.323 bits per heavy atom. The highest BCUT2D eigenvalue weighted by Gasteiger charge is 2.19. The molecule has 0 spiro atoms. The molecule has 0 radical (unpaired) electrons. The molecular weight excluding hydrogens is 805 g/mol. The van der Waals surface area contributed by atoms with Gasteiger partial charge in [0.1, 0.15) is 13.2 Å². The van der Waals surface area contributed by atoms with Crippen LogP contribution < -0.4 is 0 Å². The van der Waals surface area contributed by atoms with Crippen LogP contribution in [-0.4, -0.2) is 37.2 Å². The summed E-state index contributed by atoms with van der Waals surface area (Å²) in [6, 6.07) is 0. The molecule has 0 saturated carbocycles. The molecule has 1 unspecified atom stereocenters. The third-order valence-corrected chi connectivity index (χ3v) is 11.1. The number of carbonyl (C=O) groups excluding carboxylic acids is 3. The summed E-state index contributed by atoms with van der Waals surface area (Å²) in [5, 5.41) is 0. The van der Waals surface area contributed by atoms with E-state index in [4.69, 9.17) is 14.2 Å². The zero-order valence-electron chi connectivity index (χ0n) is 42.2. The van der Waals surface area contributed by atoms with Gasteiger partial charge in [-0.15, -0.1) is 0 Å². The van der Waals surface area contributed by atoms with Crippen molar-refractivity contribution < 1.29 is 28.6 Å². The highest BCUT2D eigenvalue weighted by atomic mass is 16.6. The van der Waals surface area contributed by atoms with Gasteiger partial charge in [0, 0.05) is 19.3 Å². The molecule has 0 fully saturated rings. The van der Waals surface area contributed by atoms with E-state index in [2.05, 4.69) is 118 Å². The molecule has 1 atom stereocenters. The first-order valence-electron chi connectivity index (χ1n) is 26.7. The average molecular weight is 903 g/mol. The third kappa shape index (κ3) is 51.2. The third-order valence-electron chi connectivity index (χ3n) is 11.1. The molecule has 0 aliphatic heterocycles. The zero-order valence-corrected chi connectivity index (χ0v) is 42.2. The van der Waals surface area contributed by atoms with Crippen LogP contribution in [0.2, 0.25) is 0 Å². The predicted octanol–water partition coefficient (Wildman–Crippen LogP) is 17.8. The van der Waals surface area contributed by atoms with Crippen LogP contribution in [0.1, 0.15) is 239 Å². The van der Waals surface area contributed by atoms with Gasteiger partial charge >= 0.3 is 17.9 Å². The van der Waals surface area contributed by atoms with Crippen molar-refractivity contribution in [3.05, 3.63) is 97.2 Å². The first-order chi connectivity index (χ1) is 32.0. The fourth-order valence-corrected chi connectivity index (χ4v) is 7.07. The summed E-state index contributed by atoms with van der Waals surface area (Å²) in [6.45, 7) is 6.34. The molecule has 0 aromatic rings. The lowest BCUT2D eigenvalue weighted by atomic mass is 10.1. The topological polar surface area (TPSA) is 78.9 Å². The second-order valence-electron chi connectivity index (χ2n) is 17.4. The van der Waals surface area contributed by atoms with Crippen LogP contribution in [0.4, 0.5) is 0 Å². The van der Waals surface area contributed by atoms with E-state index in [1.54, 1.807) is 0 Å². The average Bonchev–Trinajstić information content (AvgIpc) is 3.30. The van der Waals surface area contributed by atoms with Crippen molar-refractivity contribution in [3.8, 4) is 0 Å². The van der Waals surface area contributed by atoms with E-state index in [0.717, 1.165) is 141 Å². The second-order valence-corrected chi connectivity index (χ2v) is 17.4. The summed E-state index contributed by atoms with van der Waals surface area (Å²) < 4.78 is 16.8. The largest absolute Gasteiger partial charge is 0.462 e. The molecule has 0 heterocycles. The minimum absolute atomic E-state index is 0.0924. The van der Waals surface area contributed by atoms with Crippen LogP contribution in [0.15, 0.2) is 97.2 Å². The van der Waals surface area contributed by atoms with Gasteiger partial charge in [0.05, 0.1) is 0 Å². The number of esters is 3. The van der Waals surface area contributed by atoms with E-state index in [0.29, 0.717) is 19.3 Å². The van der Waals surface area contributed by atoms with Gasteiger partial charge in [-0.05, 0) is 109 Å². The Labute approximate surface area is 400 Å². The van der Waals surface area contributed by atoms with Crippen molar-refractivity contribution in [2.24, 2.45) is 0 Å². The number of hydrogen-bond acceptors (Lipinski definition) is 6.